The molecule has 0 aromatic heterocycles. The number of para-hydroxylation sites is 1. The van der Waals surface area contributed by atoms with Crippen molar-refractivity contribution in [2.75, 3.05) is 25.1 Å². The summed E-state index contributed by atoms with van der Waals surface area (Å²) in [6.45, 7) is 4.71. The average Bonchev–Trinajstić information content (AvgIpc) is 2.71. The van der Waals surface area contributed by atoms with Crippen LogP contribution in [0.5, 0.6) is 5.75 Å². The van der Waals surface area contributed by atoms with Gasteiger partial charge in [-0.05, 0) is 54.5 Å². The van der Waals surface area contributed by atoms with Crippen LogP contribution in [0.2, 0.25) is 0 Å². The van der Waals surface area contributed by atoms with Gasteiger partial charge in [0.1, 0.15) is 5.75 Å². The molecule has 0 unspecified atom stereocenters. The first-order valence-corrected chi connectivity index (χ1v) is 9.64. The third-order valence-electron chi connectivity index (χ3n) is 3.74. The second-order valence-corrected chi connectivity index (χ2v) is 7.07. The van der Waals surface area contributed by atoms with Gasteiger partial charge in [0.05, 0.1) is 24.5 Å². The smallest absolute Gasteiger partial charge is 0.257 e. The number of benzene rings is 2. The first kappa shape index (κ1) is 22.3. The Kier molecular flexibility index (Phi) is 8.57. The number of nitrogens with one attached hydrogen (secondary N) is 3. The number of rotatable bonds is 8. The molecule has 0 heterocycles. The molecule has 4 N–H and O–H groups in total. The standard InChI is InChI=1S/C21H25N3O4S/c1-14(2)13-28-16-9-7-15(8-10-16)19(26)24-21(29)23-18-6-4-3-5-17(18)20(27)22-11-12-25/h3-10,14,25H,11-13H2,1-2H3,(H,22,27)(H2,23,24,26,29). The van der Waals surface area contributed by atoms with E-state index in [0.717, 1.165) is 0 Å². The minimum Gasteiger partial charge on any atom is -0.493 e. The van der Waals surface area contributed by atoms with Crippen LogP contribution in [0.3, 0.4) is 0 Å². The summed E-state index contributed by atoms with van der Waals surface area (Å²) in [4.78, 5) is 24.6. The molecular formula is C21H25N3O4S. The molecule has 154 valence electrons. The van der Waals surface area contributed by atoms with Gasteiger partial charge in [-0.3, -0.25) is 14.9 Å². The quantitative estimate of drug-likeness (QED) is 0.495. The summed E-state index contributed by atoms with van der Waals surface area (Å²) in [6.07, 6.45) is 0. The van der Waals surface area contributed by atoms with Crippen LogP contribution in [0.1, 0.15) is 34.6 Å². The van der Waals surface area contributed by atoms with Crippen LogP contribution in [0.25, 0.3) is 0 Å². The van der Waals surface area contributed by atoms with Crippen molar-refractivity contribution in [3.05, 3.63) is 59.7 Å². The molecule has 0 bridgehead atoms. The first-order chi connectivity index (χ1) is 13.9. The van der Waals surface area contributed by atoms with E-state index in [0.29, 0.717) is 35.1 Å². The topological polar surface area (TPSA) is 99.7 Å². The Morgan fingerprint density at radius 3 is 2.41 bits per heavy atom. The molecule has 2 rings (SSSR count). The third kappa shape index (κ3) is 7.17. The number of carbonyl (C=O) groups excluding carboxylic acids is 2. The maximum Gasteiger partial charge on any atom is 0.257 e. The van der Waals surface area contributed by atoms with E-state index in [1.807, 2.05) is 0 Å². The van der Waals surface area contributed by atoms with Gasteiger partial charge in [0.15, 0.2) is 5.11 Å². The molecule has 0 radical (unpaired) electrons. The van der Waals surface area contributed by atoms with E-state index >= 15 is 0 Å². The van der Waals surface area contributed by atoms with Gasteiger partial charge in [-0.15, -0.1) is 0 Å². The number of aliphatic hydroxyl groups is 1. The van der Waals surface area contributed by atoms with Gasteiger partial charge >= 0.3 is 0 Å². The lowest BCUT2D eigenvalue weighted by atomic mass is 10.1. The molecule has 0 saturated carbocycles. The highest BCUT2D eigenvalue weighted by Crippen LogP contribution is 2.16. The number of thiocarbonyl (C=S) groups is 1. The molecule has 0 spiro atoms. The average molecular weight is 416 g/mol. The number of ether oxygens (including phenoxy) is 1. The Bertz CT molecular complexity index is 853. The summed E-state index contributed by atoms with van der Waals surface area (Å²) < 4.78 is 5.60. The van der Waals surface area contributed by atoms with Gasteiger partial charge in [-0.25, -0.2) is 0 Å². The molecule has 0 fully saturated rings. The molecule has 8 heteroatoms. The highest BCUT2D eigenvalue weighted by atomic mass is 32.1. The van der Waals surface area contributed by atoms with E-state index in [2.05, 4.69) is 29.8 Å². The van der Waals surface area contributed by atoms with Crippen LogP contribution in [0.15, 0.2) is 48.5 Å². The third-order valence-corrected chi connectivity index (χ3v) is 3.95. The van der Waals surface area contributed by atoms with Crippen molar-refractivity contribution in [1.29, 1.82) is 0 Å². The van der Waals surface area contributed by atoms with Gasteiger partial charge in [0.2, 0.25) is 0 Å². The van der Waals surface area contributed by atoms with Gasteiger partial charge < -0.3 is 20.5 Å². The van der Waals surface area contributed by atoms with Crippen LogP contribution in [0.4, 0.5) is 5.69 Å². The molecule has 0 saturated heterocycles. The van der Waals surface area contributed by atoms with Crippen molar-refractivity contribution >= 4 is 34.8 Å². The van der Waals surface area contributed by atoms with Crippen molar-refractivity contribution in [2.24, 2.45) is 5.92 Å². The fraction of sp³-hybridized carbons (Fsp3) is 0.286. The largest absolute Gasteiger partial charge is 0.493 e. The van der Waals surface area contributed by atoms with E-state index in [-0.39, 0.29) is 30.1 Å². The van der Waals surface area contributed by atoms with Crippen molar-refractivity contribution in [2.45, 2.75) is 13.8 Å². The summed E-state index contributed by atoms with van der Waals surface area (Å²) in [7, 11) is 0. The highest BCUT2D eigenvalue weighted by Gasteiger charge is 2.13. The van der Waals surface area contributed by atoms with Crippen LogP contribution in [0, 0.1) is 5.92 Å². The lowest BCUT2D eigenvalue weighted by Gasteiger charge is -2.13. The van der Waals surface area contributed by atoms with Crippen molar-refractivity contribution in [3.8, 4) is 5.75 Å². The number of anilines is 1. The summed E-state index contributed by atoms with van der Waals surface area (Å²) in [6, 6.07) is 13.5. The van der Waals surface area contributed by atoms with Gasteiger partial charge in [0.25, 0.3) is 11.8 Å². The zero-order chi connectivity index (χ0) is 21.2. The molecule has 29 heavy (non-hydrogen) atoms. The molecule has 0 atom stereocenters. The van der Waals surface area contributed by atoms with Crippen molar-refractivity contribution < 1.29 is 19.4 Å². The molecule has 0 aliphatic rings. The molecule has 7 nitrogen and oxygen atoms in total. The fourth-order valence-corrected chi connectivity index (χ4v) is 2.55. The first-order valence-electron chi connectivity index (χ1n) is 9.24. The van der Waals surface area contributed by atoms with Gasteiger partial charge in [-0.1, -0.05) is 26.0 Å². The minimum absolute atomic E-state index is 0.0672. The summed E-state index contributed by atoms with van der Waals surface area (Å²) in [5.74, 6) is 0.377. The van der Waals surface area contributed by atoms with Crippen molar-refractivity contribution in [1.82, 2.24) is 10.6 Å². The van der Waals surface area contributed by atoms with Gasteiger partial charge in [0, 0.05) is 12.1 Å². The number of carbonyl (C=O) groups is 2. The molecule has 2 aromatic carbocycles. The van der Waals surface area contributed by atoms with Crippen LogP contribution in [-0.4, -0.2) is 41.8 Å². The summed E-state index contributed by atoms with van der Waals surface area (Å²) >= 11 is 5.20. The highest BCUT2D eigenvalue weighted by molar-refractivity contribution is 7.80. The Morgan fingerprint density at radius 1 is 1.07 bits per heavy atom. The maximum atomic E-state index is 12.4. The van der Waals surface area contributed by atoms with E-state index in [1.165, 1.54) is 0 Å². The fourth-order valence-electron chi connectivity index (χ4n) is 2.35. The predicted molar refractivity (Wildman–Crippen MR) is 116 cm³/mol. The normalized spacial score (nSPS) is 10.3. The summed E-state index contributed by atoms with van der Waals surface area (Å²) in [5, 5.41) is 17.0. The molecular weight excluding hydrogens is 390 g/mol. The Labute approximate surface area is 175 Å². The maximum absolute atomic E-state index is 12.4. The lowest BCUT2D eigenvalue weighted by molar-refractivity contribution is 0.0944. The Morgan fingerprint density at radius 2 is 1.76 bits per heavy atom. The van der Waals surface area contributed by atoms with E-state index in [1.54, 1.807) is 48.5 Å². The molecule has 0 aliphatic carbocycles. The Balaban J connectivity index is 1.97. The molecule has 0 aliphatic heterocycles. The summed E-state index contributed by atoms with van der Waals surface area (Å²) in [5.41, 5.74) is 1.23. The van der Waals surface area contributed by atoms with E-state index in [4.69, 9.17) is 22.1 Å². The predicted octanol–water partition coefficient (Wildman–Crippen LogP) is 2.57. The van der Waals surface area contributed by atoms with Crippen LogP contribution in [-0.2, 0) is 0 Å². The molecule has 2 amide bonds. The molecule has 2 aromatic rings. The SMILES string of the molecule is CC(C)COc1ccc(C(=O)NC(=S)Nc2ccccc2C(=O)NCCO)cc1. The lowest BCUT2D eigenvalue weighted by Crippen LogP contribution is -2.35. The monoisotopic (exact) mass is 415 g/mol. The van der Waals surface area contributed by atoms with E-state index < -0.39 is 0 Å². The number of amides is 2. The van der Waals surface area contributed by atoms with Gasteiger partial charge in [-0.2, -0.15) is 0 Å². The zero-order valence-electron chi connectivity index (χ0n) is 16.4. The van der Waals surface area contributed by atoms with Crippen LogP contribution >= 0.6 is 12.2 Å². The number of aliphatic hydroxyl groups excluding tert-OH is 1. The second-order valence-electron chi connectivity index (χ2n) is 6.66. The minimum atomic E-state index is -0.375. The number of hydrogen-bond acceptors (Lipinski definition) is 5. The van der Waals surface area contributed by atoms with Crippen molar-refractivity contribution in [3.63, 3.8) is 0 Å². The zero-order valence-corrected chi connectivity index (χ0v) is 17.2. The second kappa shape index (κ2) is 11.1. The Hall–Kier alpha value is -2.97. The van der Waals surface area contributed by atoms with E-state index in [9.17, 15) is 9.59 Å². The number of hydrogen-bond donors (Lipinski definition) is 4. The van der Waals surface area contributed by atoms with Crippen LogP contribution < -0.4 is 20.7 Å².